The molecule has 1 aromatic carbocycles. The van der Waals surface area contributed by atoms with Gasteiger partial charge in [0.15, 0.2) is 0 Å². The number of ether oxygens (including phenoxy) is 1. The second-order valence-electron chi connectivity index (χ2n) is 4.10. The number of hydrogen-bond acceptors (Lipinski definition) is 4. The summed E-state index contributed by atoms with van der Waals surface area (Å²) in [6.45, 7) is 1.62. The molecule has 0 radical (unpaired) electrons. The van der Waals surface area contributed by atoms with Crippen LogP contribution in [0.3, 0.4) is 0 Å². The molecule has 7 heteroatoms. The Morgan fingerprint density at radius 1 is 1.55 bits per heavy atom. The predicted molar refractivity (Wildman–Crippen MR) is 73.2 cm³/mol. The molecule has 0 spiro atoms. The van der Waals surface area contributed by atoms with Crippen LogP contribution in [0.5, 0.6) is 5.75 Å². The van der Waals surface area contributed by atoms with E-state index in [0.29, 0.717) is 0 Å². The molecule has 1 aromatic rings. The summed E-state index contributed by atoms with van der Waals surface area (Å²) in [5.41, 5.74) is -0.222. The van der Waals surface area contributed by atoms with Crippen LogP contribution in [0.4, 0.5) is 0 Å². The van der Waals surface area contributed by atoms with Gasteiger partial charge in [0.25, 0.3) is 0 Å². The Labute approximate surface area is 117 Å². The molecule has 0 fully saturated rings. The van der Waals surface area contributed by atoms with Crippen molar-refractivity contribution in [1.82, 2.24) is 4.72 Å². The Bertz CT molecular complexity index is 645. The van der Waals surface area contributed by atoms with E-state index in [4.69, 9.17) is 16.3 Å². The molecule has 1 atom stereocenters. The molecule has 1 unspecified atom stereocenters. The minimum Gasteiger partial charge on any atom is -0.496 e. The molecule has 1 rings (SSSR count). The number of aromatic carboxylic acids is 1. The SMILES string of the molecule is C#CCC(C)NS(=O)(=O)c1ccc(OC)c(C(=O)O)c1. The number of methoxy groups -OCH3 is 1. The van der Waals surface area contributed by atoms with Gasteiger partial charge in [-0.1, -0.05) is 0 Å². The maximum absolute atomic E-state index is 12.1. The highest BCUT2D eigenvalue weighted by Crippen LogP contribution is 2.22. The van der Waals surface area contributed by atoms with E-state index in [1.165, 1.54) is 19.2 Å². The van der Waals surface area contributed by atoms with Gasteiger partial charge >= 0.3 is 5.97 Å². The standard InChI is InChI=1S/C13H15NO5S/c1-4-5-9(2)14-20(17,18)10-6-7-12(19-3)11(8-10)13(15)16/h1,6-9,14H,5H2,2-3H3,(H,15,16). The minimum absolute atomic E-state index is 0.0909. The second-order valence-corrected chi connectivity index (χ2v) is 5.81. The zero-order valence-electron chi connectivity index (χ0n) is 11.1. The molecular formula is C13H15NO5S. The summed E-state index contributed by atoms with van der Waals surface area (Å²) in [6.07, 6.45) is 5.35. The van der Waals surface area contributed by atoms with E-state index >= 15 is 0 Å². The van der Waals surface area contributed by atoms with E-state index in [9.17, 15) is 13.2 Å². The zero-order chi connectivity index (χ0) is 15.3. The van der Waals surface area contributed by atoms with Crippen LogP contribution in [0, 0.1) is 12.3 Å². The van der Waals surface area contributed by atoms with Crippen LogP contribution >= 0.6 is 0 Å². The summed E-state index contributed by atoms with van der Waals surface area (Å²) in [5, 5.41) is 9.03. The third-order valence-corrected chi connectivity index (χ3v) is 4.08. The van der Waals surface area contributed by atoms with Crippen LogP contribution in [0.2, 0.25) is 0 Å². The molecule has 108 valence electrons. The molecule has 0 aromatic heterocycles. The first-order chi connectivity index (χ1) is 9.31. The fraction of sp³-hybridized carbons (Fsp3) is 0.308. The van der Waals surface area contributed by atoms with Crippen LogP contribution in [-0.2, 0) is 10.0 Å². The molecule has 0 aliphatic rings. The quantitative estimate of drug-likeness (QED) is 0.767. The van der Waals surface area contributed by atoms with Crippen LogP contribution in [0.15, 0.2) is 23.1 Å². The van der Waals surface area contributed by atoms with E-state index in [1.54, 1.807) is 6.92 Å². The van der Waals surface area contributed by atoms with Crippen molar-refractivity contribution in [1.29, 1.82) is 0 Å². The highest BCUT2D eigenvalue weighted by Gasteiger charge is 2.20. The number of carbonyl (C=O) groups is 1. The van der Waals surface area contributed by atoms with Crippen LogP contribution < -0.4 is 9.46 Å². The third kappa shape index (κ3) is 3.73. The smallest absolute Gasteiger partial charge is 0.339 e. The van der Waals surface area contributed by atoms with E-state index in [2.05, 4.69) is 10.6 Å². The van der Waals surface area contributed by atoms with Gasteiger partial charge in [-0.05, 0) is 25.1 Å². The topological polar surface area (TPSA) is 92.7 Å². The Kier molecular flexibility index (Phi) is 5.13. The van der Waals surface area contributed by atoms with Gasteiger partial charge in [-0.2, -0.15) is 0 Å². The van der Waals surface area contributed by atoms with Crippen LogP contribution in [0.25, 0.3) is 0 Å². The van der Waals surface area contributed by atoms with E-state index < -0.39 is 22.0 Å². The normalized spacial score (nSPS) is 12.4. The Morgan fingerprint density at radius 3 is 2.70 bits per heavy atom. The van der Waals surface area contributed by atoms with E-state index in [-0.39, 0.29) is 22.6 Å². The second kappa shape index (κ2) is 6.41. The maximum atomic E-state index is 12.1. The van der Waals surface area contributed by atoms with Crippen molar-refractivity contribution < 1.29 is 23.1 Å². The maximum Gasteiger partial charge on any atom is 0.339 e. The van der Waals surface area contributed by atoms with Crippen LogP contribution in [0.1, 0.15) is 23.7 Å². The molecule has 0 saturated carbocycles. The van der Waals surface area contributed by atoms with Gasteiger partial charge in [-0.3, -0.25) is 0 Å². The van der Waals surface area contributed by atoms with Gasteiger partial charge in [0, 0.05) is 12.5 Å². The van der Waals surface area contributed by atoms with Gasteiger partial charge in [0.2, 0.25) is 10.0 Å². The molecule has 0 aliphatic carbocycles. The van der Waals surface area contributed by atoms with Gasteiger partial charge in [-0.15, -0.1) is 12.3 Å². The summed E-state index contributed by atoms with van der Waals surface area (Å²) in [7, 11) is -2.52. The Morgan fingerprint density at radius 2 is 2.20 bits per heavy atom. The first kappa shape index (κ1) is 16.0. The average molecular weight is 297 g/mol. The fourth-order valence-electron chi connectivity index (χ4n) is 1.57. The van der Waals surface area contributed by atoms with Gasteiger partial charge in [0.05, 0.1) is 12.0 Å². The number of terminal acetylenes is 1. The lowest BCUT2D eigenvalue weighted by Gasteiger charge is -2.13. The first-order valence-electron chi connectivity index (χ1n) is 5.69. The number of sulfonamides is 1. The summed E-state index contributed by atoms with van der Waals surface area (Å²) in [5.74, 6) is 1.17. The summed E-state index contributed by atoms with van der Waals surface area (Å²) in [4.78, 5) is 10.9. The lowest BCUT2D eigenvalue weighted by atomic mass is 10.2. The number of carboxylic acid groups (broad SMARTS) is 1. The van der Waals surface area contributed by atoms with Gasteiger partial charge in [0.1, 0.15) is 11.3 Å². The van der Waals surface area contributed by atoms with Crippen molar-refractivity contribution in [2.75, 3.05) is 7.11 Å². The van der Waals surface area contributed by atoms with Crippen molar-refractivity contribution >= 4 is 16.0 Å². The number of hydrogen-bond donors (Lipinski definition) is 2. The lowest BCUT2D eigenvalue weighted by molar-refractivity contribution is 0.0693. The van der Waals surface area contributed by atoms with E-state index in [0.717, 1.165) is 6.07 Å². The molecule has 0 amide bonds. The molecule has 6 nitrogen and oxygen atoms in total. The number of nitrogens with one attached hydrogen (secondary N) is 1. The van der Waals surface area contributed by atoms with Crippen molar-refractivity contribution in [3.8, 4) is 18.1 Å². The first-order valence-corrected chi connectivity index (χ1v) is 7.17. The molecule has 20 heavy (non-hydrogen) atoms. The predicted octanol–water partition coefficient (Wildman–Crippen LogP) is 1.08. The largest absolute Gasteiger partial charge is 0.496 e. The number of carboxylic acids is 1. The number of benzene rings is 1. The molecule has 2 N–H and O–H groups in total. The molecule has 0 aliphatic heterocycles. The summed E-state index contributed by atoms with van der Waals surface area (Å²) in [6, 6.07) is 3.17. The van der Waals surface area contributed by atoms with Gasteiger partial charge < -0.3 is 9.84 Å². The lowest BCUT2D eigenvalue weighted by Crippen LogP contribution is -2.32. The average Bonchev–Trinajstić information content (AvgIpc) is 2.37. The van der Waals surface area contributed by atoms with Gasteiger partial charge in [-0.25, -0.2) is 17.9 Å². The highest BCUT2D eigenvalue weighted by molar-refractivity contribution is 7.89. The van der Waals surface area contributed by atoms with Crippen molar-refractivity contribution in [3.63, 3.8) is 0 Å². The Balaban J connectivity index is 3.17. The zero-order valence-corrected chi connectivity index (χ0v) is 11.9. The van der Waals surface area contributed by atoms with Crippen molar-refractivity contribution in [3.05, 3.63) is 23.8 Å². The minimum atomic E-state index is -3.83. The number of rotatable bonds is 6. The summed E-state index contributed by atoms with van der Waals surface area (Å²) >= 11 is 0. The highest BCUT2D eigenvalue weighted by atomic mass is 32.2. The fourth-order valence-corrected chi connectivity index (χ4v) is 2.84. The molecule has 0 heterocycles. The third-order valence-electron chi connectivity index (χ3n) is 2.49. The molecule has 0 saturated heterocycles. The summed E-state index contributed by atoms with van der Waals surface area (Å²) < 4.78 is 31.4. The monoisotopic (exact) mass is 297 g/mol. The van der Waals surface area contributed by atoms with Crippen molar-refractivity contribution in [2.45, 2.75) is 24.3 Å². The van der Waals surface area contributed by atoms with E-state index in [1.807, 2.05) is 0 Å². The molecule has 0 bridgehead atoms. The molecular weight excluding hydrogens is 282 g/mol. The Hall–Kier alpha value is -2.04. The van der Waals surface area contributed by atoms with Crippen LogP contribution in [-0.4, -0.2) is 32.6 Å². The van der Waals surface area contributed by atoms with Crippen molar-refractivity contribution in [2.24, 2.45) is 0 Å².